The van der Waals surface area contributed by atoms with Crippen LogP contribution in [0.15, 0.2) is 6.07 Å². The predicted octanol–water partition coefficient (Wildman–Crippen LogP) is 2.39. The molecule has 0 spiro atoms. The number of pyridine rings is 1. The number of rotatable bonds is 5. The lowest BCUT2D eigenvalue weighted by Crippen LogP contribution is -2.08. The predicted molar refractivity (Wildman–Crippen MR) is 56.6 cm³/mol. The number of hydrogen-bond donors (Lipinski definition) is 1. The van der Waals surface area contributed by atoms with E-state index in [1.807, 2.05) is 0 Å². The Kier molecular flexibility index (Phi) is 4.62. The first kappa shape index (κ1) is 13.6. The molecular weight excluding hydrogens is 256 g/mol. The summed E-state index contributed by atoms with van der Waals surface area (Å²) in [6.07, 6.45) is -3.14. The first-order chi connectivity index (χ1) is 7.99. The number of ether oxygens (including phenoxy) is 1. The molecule has 0 unspecified atom stereocenters. The standard InChI is InChI=1S/C10H10ClF2NO3/c1-17-8-2-5(10(12)13)7(4-11)14-6(8)3-9(15)16/h2,10H,3-4H2,1H3,(H,15,16). The van der Waals surface area contributed by atoms with Gasteiger partial charge in [-0.05, 0) is 6.07 Å². The minimum absolute atomic E-state index is 0.0246. The highest BCUT2D eigenvalue weighted by Crippen LogP contribution is 2.29. The minimum atomic E-state index is -2.73. The smallest absolute Gasteiger partial charge is 0.309 e. The van der Waals surface area contributed by atoms with Crippen LogP contribution in [-0.2, 0) is 17.1 Å². The van der Waals surface area contributed by atoms with E-state index in [4.69, 9.17) is 21.4 Å². The second-order valence-corrected chi connectivity index (χ2v) is 3.45. The first-order valence-electron chi connectivity index (χ1n) is 4.62. The third-order valence-electron chi connectivity index (χ3n) is 2.07. The summed E-state index contributed by atoms with van der Waals surface area (Å²) in [5.74, 6) is -1.31. The van der Waals surface area contributed by atoms with E-state index in [1.54, 1.807) is 0 Å². The Morgan fingerprint density at radius 3 is 2.65 bits per heavy atom. The van der Waals surface area contributed by atoms with E-state index in [9.17, 15) is 13.6 Å². The Hall–Kier alpha value is -1.43. The number of carbonyl (C=O) groups is 1. The molecular formula is C10H10ClF2NO3. The molecule has 1 heterocycles. The van der Waals surface area contributed by atoms with Crippen molar-refractivity contribution >= 4 is 17.6 Å². The molecule has 1 aromatic heterocycles. The molecule has 0 fully saturated rings. The molecule has 0 aliphatic rings. The molecule has 94 valence electrons. The molecule has 0 atom stereocenters. The van der Waals surface area contributed by atoms with E-state index in [2.05, 4.69) is 4.98 Å². The molecule has 17 heavy (non-hydrogen) atoms. The van der Waals surface area contributed by atoms with Gasteiger partial charge in [-0.2, -0.15) is 0 Å². The summed E-state index contributed by atoms with van der Waals surface area (Å²) in [6, 6.07) is 1.08. The summed E-state index contributed by atoms with van der Waals surface area (Å²) >= 11 is 5.50. The zero-order valence-corrected chi connectivity index (χ0v) is 9.67. The lowest BCUT2D eigenvalue weighted by molar-refractivity contribution is -0.136. The van der Waals surface area contributed by atoms with Crippen molar-refractivity contribution in [2.24, 2.45) is 0 Å². The molecule has 1 N–H and O–H groups in total. The topological polar surface area (TPSA) is 59.4 Å². The third-order valence-corrected chi connectivity index (χ3v) is 2.33. The van der Waals surface area contributed by atoms with Gasteiger partial charge in [0.2, 0.25) is 0 Å². The first-order valence-corrected chi connectivity index (χ1v) is 5.15. The van der Waals surface area contributed by atoms with E-state index in [0.29, 0.717) is 0 Å². The number of nitrogens with zero attached hydrogens (tertiary/aromatic N) is 1. The van der Waals surface area contributed by atoms with Crippen molar-refractivity contribution in [1.82, 2.24) is 4.98 Å². The van der Waals surface area contributed by atoms with Crippen LogP contribution in [0.5, 0.6) is 5.75 Å². The Labute approximate surface area is 101 Å². The van der Waals surface area contributed by atoms with Crippen molar-refractivity contribution < 1.29 is 23.4 Å². The fourth-order valence-electron chi connectivity index (χ4n) is 1.33. The summed E-state index contributed by atoms with van der Waals surface area (Å²) in [5, 5.41) is 8.65. The molecule has 0 aliphatic carbocycles. The molecule has 0 radical (unpaired) electrons. The van der Waals surface area contributed by atoms with Crippen LogP contribution in [0.3, 0.4) is 0 Å². The monoisotopic (exact) mass is 265 g/mol. The van der Waals surface area contributed by atoms with Crippen molar-refractivity contribution in [2.75, 3.05) is 7.11 Å². The Morgan fingerprint density at radius 1 is 1.59 bits per heavy atom. The van der Waals surface area contributed by atoms with Gasteiger partial charge >= 0.3 is 5.97 Å². The Balaban J connectivity index is 3.27. The van der Waals surface area contributed by atoms with Crippen LogP contribution in [0.4, 0.5) is 8.78 Å². The van der Waals surface area contributed by atoms with E-state index < -0.39 is 18.8 Å². The highest BCUT2D eigenvalue weighted by molar-refractivity contribution is 6.17. The van der Waals surface area contributed by atoms with Crippen LogP contribution >= 0.6 is 11.6 Å². The van der Waals surface area contributed by atoms with Gasteiger partial charge in [0.15, 0.2) is 0 Å². The van der Waals surface area contributed by atoms with Gasteiger partial charge in [0.25, 0.3) is 6.43 Å². The van der Waals surface area contributed by atoms with Gasteiger partial charge in [-0.15, -0.1) is 11.6 Å². The Bertz CT molecular complexity index is 426. The normalized spacial score (nSPS) is 10.6. The van der Waals surface area contributed by atoms with Gasteiger partial charge in [0.05, 0.1) is 30.8 Å². The van der Waals surface area contributed by atoms with Crippen LogP contribution in [0.25, 0.3) is 0 Å². The molecule has 0 aliphatic heterocycles. The van der Waals surface area contributed by atoms with Crippen molar-refractivity contribution in [1.29, 1.82) is 0 Å². The van der Waals surface area contributed by atoms with Crippen LogP contribution in [0.2, 0.25) is 0 Å². The van der Waals surface area contributed by atoms with Crippen LogP contribution in [0, 0.1) is 0 Å². The number of carboxylic acid groups (broad SMARTS) is 1. The van der Waals surface area contributed by atoms with E-state index >= 15 is 0 Å². The van der Waals surface area contributed by atoms with E-state index in [-0.39, 0.29) is 28.6 Å². The lowest BCUT2D eigenvalue weighted by atomic mass is 10.1. The second kappa shape index (κ2) is 5.77. The lowest BCUT2D eigenvalue weighted by Gasteiger charge is -2.11. The average molecular weight is 266 g/mol. The maximum absolute atomic E-state index is 12.7. The number of alkyl halides is 3. The van der Waals surface area contributed by atoms with E-state index in [0.717, 1.165) is 6.07 Å². The minimum Gasteiger partial charge on any atom is -0.495 e. The number of hydrogen-bond acceptors (Lipinski definition) is 3. The number of aliphatic carboxylic acids is 1. The highest BCUT2D eigenvalue weighted by Gasteiger charge is 2.19. The van der Waals surface area contributed by atoms with Crippen LogP contribution in [0.1, 0.15) is 23.4 Å². The van der Waals surface area contributed by atoms with Gasteiger partial charge < -0.3 is 9.84 Å². The molecule has 0 amide bonds. The van der Waals surface area contributed by atoms with Crippen molar-refractivity contribution in [2.45, 2.75) is 18.7 Å². The van der Waals surface area contributed by atoms with Gasteiger partial charge in [-0.3, -0.25) is 9.78 Å². The maximum Gasteiger partial charge on any atom is 0.309 e. The van der Waals surface area contributed by atoms with Gasteiger partial charge in [-0.1, -0.05) is 0 Å². The number of methoxy groups -OCH3 is 1. The quantitative estimate of drug-likeness (QED) is 0.831. The molecule has 0 aromatic carbocycles. The maximum atomic E-state index is 12.7. The van der Waals surface area contributed by atoms with Gasteiger partial charge in [-0.25, -0.2) is 8.78 Å². The summed E-state index contributed by atoms with van der Waals surface area (Å²) in [6.45, 7) is 0. The molecule has 0 saturated heterocycles. The summed E-state index contributed by atoms with van der Waals surface area (Å²) in [7, 11) is 1.26. The number of halogens is 3. The van der Waals surface area contributed by atoms with Crippen LogP contribution in [-0.4, -0.2) is 23.2 Å². The molecule has 4 nitrogen and oxygen atoms in total. The molecule has 0 saturated carbocycles. The second-order valence-electron chi connectivity index (χ2n) is 3.18. The summed E-state index contributed by atoms with van der Waals surface area (Å²) < 4.78 is 30.1. The Morgan fingerprint density at radius 2 is 2.24 bits per heavy atom. The SMILES string of the molecule is COc1cc(C(F)F)c(CCl)nc1CC(=O)O. The average Bonchev–Trinajstić information content (AvgIpc) is 2.27. The molecule has 7 heteroatoms. The molecule has 1 aromatic rings. The summed E-state index contributed by atoms with van der Waals surface area (Å²) in [4.78, 5) is 14.4. The van der Waals surface area contributed by atoms with E-state index in [1.165, 1.54) is 7.11 Å². The summed E-state index contributed by atoms with van der Waals surface area (Å²) in [5.41, 5.74) is -0.287. The fraction of sp³-hybridized carbons (Fsp3) is 0.400. The fourth-order valence-corrected chi connectivity index (χ4v) is 1.55. The van der Waals surface area contributed by atoms with Crippen molar-refractivity contribution in [3.63, 3.8) is 0 Å². The van der Waals surface area contributed by atoms with Gasteiger partial charge in [0.1, 0.15) is 5.75 Å². The van der Waals surface area contributed by atoms with Crippen molar-refractivity contribution in [3.05, 3.63) is 23.0 Å². The molecule has 1 rings (SSSR count). The number of carboxylic acids is 1. The highest BCUT2D eigenvalue weighted by atomic mass is 35.5. The third kappa shape index (κ3) is 3.26. The largest absolute Gasteiger partial charge is 0.495 e. The van der Waals surface area contributed by atoms with Crippen LogP contribution < -0.4 is 4.74 Å². The zero-order chi connectivity index (χ0) is 13.0. The van der Waals surface area contributed by atoms with Gasteiger partial charge in [0, 0.05) is 5.56 Å². The molecule has 0 bridgehead atoms. The van der Waals surface area contributed by atoms with Crippen molar-refractivity contribution in [3.8, 4) is 5.75 Å². The zero-order valence-electron chi connectivity index (χ0n) is 8.91. The number of aromatic nitrogens is 1.